The van der Waals surface area contributed by atoms with E-state index in [1.807, 2.05) is 6.92 Å². The van der Waals surface area contributed by atoms with E-state index in [4.69, 9.17) is 15.2 Å². The molecule has 7 nitrogen and oxygen atoms in total. The number of hydrogen-bond donors (Lipinski definition) is 3. The van der Waals surface area contributed by atoms with Crippen molar-refractivity contribution < 1.29 is 14.3 Å². The van der Waals surface area contributed by atoms with Gasteiger partial charge in [-0.2, -0.15) is 5.10 Å². The molecule has 0 spiro atoms. The van der Waals surface area contributed by atoms with Crippen LogP contribution in [0.4, 0.5) is 11.5 Å². The number of nitrogens with two attached hydrogens (primary N) is 1. The van der Waals surface area contributed by atoms with Gasteiger partial charge < -0.3 is 20.5 Å². The minimum atomic E-state index is -0.345. The first-order chi connectivity index (χ1) is 9.13. The van der Waals surface area contributed by atoms with Gasteiger partial charge in [0.15, 0.2) is 17.3 Å². The number of hydrogen-bond acceptors (Lipinski definition) is 5. The van der Waals surface area contributed by atoms with Crippen molar-refractivity contribution >= 4 is 17.4 Å². The Balaban J connectivity index is 1.87. The molecule has 4 N–H and O–H groups in total. The molecule has 0 unspecified atom stereocenters. The highest BCUT2D eigenvalue weighted by atomic mass is 16.7. The maximum absolute atomic E-state index is 12.1. The van der Waals surface area contributed by atoms with Crippen LogP contribution in [0.2, 0.25) is 0 Å². The van der Waals surface area contributed by atoms with Crippen LogP contribution < -0.4 is 20.5 Å². The van der Waals surface area contributed by atoms with Crippen LogP contribution in [0.5, 0.6) is 11.5 Å². The van der Waals surface area contributed by atoms with Gasteiger partial charge in [0.2, 0.25) is 6.79 Å². The molecular formula is C12H12N4O3. The monoisotopic (exact) mass is 260 g/mol. The fraction of sp³-hybridized carbons (Fsp3) is 0.167. The Labute approximate surface area is 108 Å². The summed E-state index contributed by atoms with van der Waals surface area (Å²) in [7, 11) is 0. The van der Waals surface area contributed by atoms with Crippen molar-refractivity contribution in [2.45, 2.75) is 6.92 Å². The average Bonchev–Trinajstić information content (AvgIpc) is 2.96. The Morgan fingerprint density at radius 3 is 2.79 bits per heavy atom. The molecule has 0 saturated carbocycles. The Kier molecular flexibility index (Phi) is 2.52. The van der Waals surface area contributed by atoms with Crippen molar-refractivity contribution in [1.82, 2.24) is 10.2 Å². The number of aromatic amines is 1. The number of nitrogen functional groups attached to an aromatic ring is 1. The highest BCUT2D eigenvalue weighted by molar-refractivity contribution is 6.07. The number of benzene rings is 1. The van der Waals surface area contributed by atoms with E-state index in [0.717, 1.165) is 5.69 Å². The minimum Gasteiger partial charge on any atom is -0.454 e. The number of nitrogens with zero attached hydrogens (tertiary/aromatic N) is 1. The summed E-state index contributed by atoms with van der Waals surface area (Å²) in [5.41, 5.74) is 7.34. The average molecular weight is 260 g/mol. The maximum atomic E-state index is 12.1. The van der Waals surface area contributed by atoms with E-state index < -0.39 is 0 Å². The molecule has 0 saturated heterocycles. The van der Waals surface area contributed by atoms with Gasteiger partial charge >= 0.3 is 0 Å². The summed E-state index contributed by atoms with van der Waals surface area (Å²) in [5, 5.41) is 9.32. The number of carbonyl (C=O) groups excluding carboxylic acids is 1. The molecular weight excluding hydrogens is 248 g/mol. The molecule has 1 aromatic carbocycles. The number of nitrogens with one attached hydrogen (secondary N) is 2. The standard InChI is InChI=1S/C12H12N4O3/c1-6-2-11(16-15-6)14-12(17)7-3-9-10(4-8(7)13)19-5-18-9/h2-4H,5,13H2,1H3,(H2,14,15,16,17). The third-order valence-corrected chi connectivity index (χ3v) is 2.74. The molecule has 98 valence electrons. The van der Waals surface area contributed by atoms with Crippen LogP contribution >= 0.6 is 0 Å². The second-order valence-corrected chi connectivity index (χ2v) is 4.18. The predicted octanol–water partition coefficient (Wildman–Crippen LogP) is 1.28. The van der Waals surface area contributed by atoms with Gasteiger partial charge in [0.05, 0.1) is 5.56 Å². The number of aromatic nitrogens is 2. The molecule has 1 aliphatic rings. The minimum absolute atomic E-state index is 0.137. The summed E-state index contributed by atoms with van der Waals surface area (Å²) in [5.74, 6) is 1.16. The molecule has 7 heteroatoms. The molecule has 0 atom stereocenters. The van der Waals surface area contributed by atoms with Crippen LogP contribution in [-0.2, 0) is 0 Å². The zero-order valence-corrected chi connectivity index (χ0v) is 10.2. The van der Waals surface area contributed by atoms with Crippen LogP contribution in [0.15, 0.2) is 18.2 Å². The number of H-pyrrole nitrogens is 1. The lowest BCUT2D eigenvalue weighted by atomic mass is 10.1. The number of rotatable bonds is 2. The third-order valence-electron chi connectivity index (χ3n) is 2.74. The van der Waals surface area contributed by atoms with Crippen molar-refractivity contribution in [2.75, 3.05) is 17.8 Å². The fourth-order valence-electron chi connectivity index (χ4n) is 1.82. The molecule has 0 aliphatic carbocycles. The molecule has 0 fully saturated rings. The van der Waals surface area contributed by atoms with E-state index in [9.17, 15) is 4.79 Å². The van der Waals surface area contributed by atoms with E-state index in [0.29, 0.717) is 28.6 Å². The predicted molar refractivity (Wildman–Crippen MR) is 68.3 cm³/mol. The highest BCUT2D eigenvalue weighted by Gasteiger charge is 2.20. The third kappa shape index (κ3) is 2.05. The highest BCUT2D eigenvalue weighted by Crippen LogP contribution is 2.36. The zero-order chi connectivity index (χ0) is 13.4. The molecule has 3 rings (SSSR count). The molecule has 2 heterocycles. The number of amides is 1. The lowest BCUT2D eigenvalue weighted by molar-refractivity contribution is 0.102. The number of anilines is 2. The molecule has 1 aromatic heterocycles. The van der Waals surface area contributed by atoms with Gasteiger partial charge in [-0.05, 0) is 13.0 Å². The van der Waals surface area contributed by atoms with Gasteiger partial charge in [0.25, 0.3) is 5.91 Å². The van der Waals surface area contributed by atoms with Crippen molar-refractivity contribution in [3.63, 3.8) is 0 Å². The smallest absolute Gasteiger partial charge is 0.259 e. The number of carbonyl (C=O) groups is 1. The van der Waals surface area contributed by atoms with Crippen LogP contribution in [-0.4, -0.2) is 22.9 Å². The summed E-state index contributed by atoms with van der Waals surface area (Å²) in [6, 6.07) is 4.86. The molecule has 19 heavy (non-hydrogen) atoms. The molecule has 1 amide bonds. The van der Waals surface area contributed by atoms with Gasteiger partial charge in [0.1, 0.15) is 0 Å². The van der Waals surface area contributed by atoms with E-state index in [-0.39, 0.29) is 12.7 Å². The number of ether oxygens (including phenoxy) is 2. The summed E-state index contributed by atoms with van der Waals surface area (Å²) < 4.78 is 10.4. The van der Waals surface area contributed by atoms with E-state index in [1.54, 1.807) is 18.2 Å². The van der Waals surface area contributed by atoms with Crippen molar-refractivity contribution in [1.29, 1.82) is 0 Å². The Hall–Kier alpha value is -2.70. The lowest BCUT2D eigenvalue weighted by Gasteiger charge is -2.06. The van der Waals surface area contributed by atoms with E-state index in [1.165, 1.54) is 0 Å². The summed E-state index contributed by atoms with van der Waals surface area (Å²) >= 11 is 0. The van der Waals surface area contributed by atoms with Gasteiger partial charge in [-0.3, -0.25) is 9.89 Å². The van der Waals surface area contributed by atoms with E-state index in [2.05, 4.69) is 15.5 Å². The SMILES string of the molecule is Cc1cc(NC(=O)c2cc3c(cc2N)OCO3)n[nH]1. The first-order valence-corrected chi connectivity index (χ1v) is 5.66. The summed E-state index contributed by atoms with van der Waals surface area (Å²) in [4.78, 5) is 12.1. The first-order valence-electron chi connectivity index (χ1n) is 5.66. The lowest BCUT2D eigenvalue weighted by Crippen LogP contribution is -2.14. The Bertz CT molecular complexity index is 650. The number of aryl methyl sites for hydroxylation is 1. The van der Waals surface area contributed by atoms with Gasteiger partial charge in [0, 0.05) is 23.5 Å². The molecule has 0 bridgehead atoms. The first kappa shape index (κ1) is 11.4. The molecule has 0 radical (unpaired) electrons. The maximum Gasteiger partial charge on any atom is 0.259 e. The van der Waals surface area contributed by atoms with Gasteiger partial charge in [-0.1, -0.05) is 0 Å². The molecule has 1 aliphatic heterocycles. The van der Waals surface area contributed by atoms with Crippen LogP contribution in [0.25, 0.3) is 0 Å². The second-order valence-electron chi connectivity index (χ2n) is 4.18. The second kappa shape index (κ2) is 4.20. The van der Waals surface area contributed by atoms with Gasteiger partial charge in [-0.15, -0.1) is 0 Å². The molecule has 2 aromatic rings. The topological polar surface area (TPSA) is 102 Å². The van der Waals surface area contributed by atoms with Crippen LogP contribution in [0.3, 0.4) is 0 Å². The number of fused-ring (bicyclic) bond motifs is 1. The largest absolute Gasteiger partial charge is 0.454 e. The van der Waals surface area contributed by atoms with Gasteiger partial charge in [-0.25, -0.2) is 0 Å². The van der Waals surface area contributed by atoms with Crippen molar-refractivity contribution in [2.24, 2.45) is 0 Å². The van der Waals surface area contributed by atoms with Crippen molar-refractivity contribution in [3.8, 4) is 11.5 Å². The van der Waals surface area contributed by atoms with Crippen LogP contribution in [0, 0.1) is 6.92 Å². The summed E-state index contributed by atoms with van der Waals surface area (Å²) in [6.45, 7) is 1.98. The normalized spacial score (nSPS) is 12.5. The fourth-order valence-corrected chi connectivity index (χ4v) is 1.82. The Morgan fingerprint density at radius 2 is 2.11 bits per heavy atom. The Morgan fingerprint density at radius 1 is 1.37 bits per heavy atom. The quantitative estimate of drug-likeness (QED) is 0.706. The van der Waals surface area contributed by atoms with E-state index >= 15 is 0 Å². The summed E-state index contributed by atoms with van der Waals surface area (Å²) in [6.07, 6.45) is 0. The van der Waals surface area contributed by atoms with Crippen molar-refractivity contribution in [3.05, 3.63) is 29.5 Å². The zero-order valence-electron chi connectivity index (χ0n) is 10.2. The van der Waals surface area contributed by atoms with Crippen LogP contribution in [0.1, 0.15) is 16.1 Å².